The summed E-state index contributed by atoms with van der Waals surface area (Å²) in [5.74, 6) is 1.28. The lowest BCUT2D eigenvalue weighted by molar-refractivity contribution is 0.0426. The summed E-state index contributed by atoms with van der Waals surface area (Å²) in [5, 5.41) is 3.60. The van der Waals surface area contributed by atoms with Crippen molar-refractivity contribution in [2.75, 3.05) is 11.9 Å². The number of hydrogen-bond donors (Lipinski definition) is 1. The Bertz CT molecular complexity index is 800. The van der Waals surface area contributed by atoms with E-state index >= 15 is 0 Å². The first-order valence-electron chi connectivity index (χ1n) is 9.27. The van der Waals surface area contributed by atoms with Crippen LogP contribution in [-0.2, 0) is 5.66 Å². The van der Waals surface area contributed by atoms with Crippen LogP contribution >= 0.6 is 0 Å². The topological polar surface area (TPSA) is 41.6 Å². The molecule has 1 unspecified atom stereocenters. The SMILES string of the molecule is CC(C)COc1ccccc1C1(C)Nc2ccccc2C(=O)N1C(C)C. The monoisotopic (exact) mass is 352 g/mol. The number of benzene rings is 2. The average Bonchev–Trinajstić information content (AvgIpc) is 2.60. The van der Waals surface area contributed by atoms with Crippen molar-refractivity contribution in [3.8, 4) is 5.75 Å². The second kappa shape index (κ2) is 7.02. The lowest BCUT2D eigenvalue weighted by Gasteiger charge is -2.49. The fraction of sp³-hybridized carbons (Fsp3) is 0.409. The van der Waals surface area contributed by atoms with Gasteiger partial charge in [-0.05, 0) is 44.9 Å². The number of para-hydroxylation sites is 2. The van der Waals surface area contributed by atoms with Gasteiger partial charge in [-0.3, -0.25) is 4.79 Å². The molecule has 1 heterocycles. The van der Waals surface area contributed by atoms with E-state index in [4.69, 9.17) is 4.74 Å². The molecule has 1 aliphatic heterocycles. The lowest BCUT2D eigenvalue weighted by Crippen LogP contribution is -2.58. The van der Waals surface area contributed by atoms with Gasteiger partial charge in [0, 0.05) is 17.3 Å². The van der Waals surface area contributed by atoms with E-state index in [0.29, 0.717) is 18.1 Å². The van der Waals surface area contributed by atoms with Gasteiger partial charge in [-0.1, -0.05) is 44.2 Å². The molecule has 0 aromatic heterocycles. The predicted octanol–water partition coefficient (Wildman–Crippen LogP) is 4.87. The van der Waals surface area contributed by atoms with Crippen molar-refractivity contribution >= 4 is 11.6 Å². The molecule has 0 spiro atoms. The first-order valence-corrected chi connectivity index (χ1v) is 9.27. The number of carbonyl (C=O) groups excluding carboxylic acids is 1. The van der Waals surface area contributed by atoms with E-state index in [9.17, 15) is 4.79 Å². The molecule has 3 rings (SSSR count). The van der Waals surface area contributed by atoms with Crippen molar-refractivity contribution in [3.63, 3.8) is 0 Å². The van der Waals surface area contributed by atoms with E-state index in [2.05, 4.69) is 26.1 Å². The number of hydrogen-bond acceptors (Lipinski definition) is 3. The van der Waals surface area contributed by atoms with Crippen LogP contribution in [0.25, 0.3) is 0 Å². The van der Waals surface area contributed by atoms with Gasteiger partial charge >= 0.3 is 0 Å². The Balaban J connectivity index is 2.11. The Hall–Kier alpha value is -2.49. The summed E-state index contributed by atoms with van der Waals surface area (Å²) in [5.41, 5.74) is 1.85. The number of amides is 1. The van der Waals surface area contributed by atoms with Crippen LogP contribution in [0.4, 0.5) is 5.69 Å². The fourth-order valence-corrected chi connectivity index (χ4v) is 3.63. The van der Waals surface area contributed by atoms with E-state index in [1.165, 1.54) is 0 Å². The summed E-state index contributed by atoms with van der Waals surface area (Å²) in [6.07, 6.45) is 0. The minimum Gasteiger partial charge on any atom is -0.493 e. The van der Waals surface area contributed by atoms with E-state index in [1.807, 2.05) is 67.3 Å². The van der Waals surface area contributed by atoms with Gasteiger partial charge in [0.05, 0.1) is 12.2 Å². The summed E-state index contributed by atoms with van der Waals surface area (Å²) < 4.78 is 6.09. The molecule has 26 heavy (non-hydrogen) atoms. The van der Waals surface area contributed by atoms with Crippen LogP contribution < -0.4 is 10.1 Å². The van der Waals surface area contributed by atoms with Gasteiger partial charge in [-0.2, -0.15) is 0 Å². The quantitative estimate of drug-likeness (QED) is 0.834. The van der Waals surface area contributed by atoms with Crippen molar-refractivity contribution in [2.24, 2.45) is 5.92 Å². The molecule has 0 aliphatic carbocycles. The van der Waals surface area contributed by atoms with Gasteiger partial charge < -0.3 is 15.0 Å². The zero-order valence-corrected chi connectivity index (χ0v) is 16.2. The second-order valence-corrected chi connectivity index (χ2v) is 7.71. The smallest absolute Gasteiger partial charge is 0.258 e. The molecule has 0 fully saturated rings. The number of ether oxygens (including phenoxy) is 1. The maximum atomic E-state index is 13.3. The molecule has 0 saturated carbocycles. The van der Waals surface area contributed by atoms with Crippen LogP contribution in [0.3, 0.4) is 0 Å². The van der Waals surface area contributed by atoms with Gasteiger partial charge in [-0.25, -0.2) is 0 Å². The molecule has 0 radical (unpaired) electrons. The maximum absolute atomic E-state index is 13.3. The van der Waals surface area contributed by atoms with Crippen LogP contribution in [0.15, 0.2) is 48.5 Å². The van der Waals surface area contributed by atoms with Crippen molar-refractivity contribution in [1.82, 2.24) is 4.90 Å². The molecular weight excluding hydrogens is 324 g/mol. The number of carbonyl (C=O) groups is 1. The molecule has 2 aromatic rings. The standard InChI is InChI=1S/C22H28N2O2/c1-15(2)14-26-20-13-9-7-11-18(20)22(5)23-19-12-8-6-10-17(19)21(25)24(22)16(3)4/h6-13,15-16,23H,14H2,1-5H3. The van der Waals surface area contributed by atoms with Crippen LogP contribution in [-0.4, -0.2) is 23.5 Å². The van der Waals surface area contributed by atoms with E-state index < -0.39 is 5.66 Å². The number of anilines is 1. The molecule has 4 nitrogen and oxygen atoms in total. The molecule has 1 aliphatic rings. The Kier molecular flexibility index (Phi) is 4.94. The molecule has 2 aromatic carbocycles. The van der Waals surface area contributed by atoms with Gasteiger partial charge in [0.1, 0.15) is 11.4 Å². The largest absolute Gasteiger partial charge is 0.493 e. The number of nitrogens with zero attached hydrogens (tertiary/aromatic N) is 1. The molecular formula is C22H28N2O2. The Morgan fingerprint density at radius 3 is 2.38 bits per heavy atom. The third-order valence-electron chi connectivity index (χ3n) is 4.74. The first-order chi connectivity index (χ1) is 12.3. The van der Waals surface area contributed by atoms with Gasteiger partial charge in [0.2, 0.25) is 0 Å². The number of fused-ring (bicyclic) bond motifs is 1. The summed E-state index contributed by atoms with van der Waals surface area (Å²) in [6, 6.07) is 15.7. The molecule has 138 valence electrons. The van der Waals surface area contributed by atoms with E-state index in [-0.39, 0.29) is 11.9 Å². The molecule has 1 atom stereocenters. The number of rotatable bonds is 5. The zero-order chi connectivity index (χ0) is 18.9. The zero-order valence-electron chi connectivity index (χ0n) is 16.2. The first kappa shape index (κ1) is 18.3. The highest BCUT2D eigenvalue weighted by atomic mass is 16.5. The van der Waals surface area contributed by atoms with Crippen molar-refractivity contribution in [2.45, 2.75) is 46.3 Å². The van der Waals surface area contributed by atoms with Crippen molar-refractivity contribution in [1.29, 1.82) is 0 Å². The van der Waals surface area contributed by atoms with Gasteiger partial charge in [0.15, 0.2) is 0 Å². The van der Waals surface area contributed by atoms with E-state index in [0.717, 1.165) is 17.0 Å². The Morgan fingerprint density at radius 1 is 1.04 bits per heavy atom. The predicted molar refractivity (Wildman–Crippen MR) is 105 cm³/mol. The summed E-state index contributed by atoms with van der Waals surface area (Å²) in [4.78, 5) is 15.2. The third-order valence-corrected chi connectivity index (χ3v) is 4.74. The Labute approximate surface area is 156 Å². The molecule has 1 N–H and O–H groups in total. The summed E-state index contributed by atoms with van der Waals surface area (Å²) in [7, 11) is 0. The maximum Gasteiger partial charge on any atom is 0.258 e. The van der Waals surface area contributed by atoms with E-state index in [1.54, 1.807) is 0 Å². The molecule has 4 heteroatoms. The third kappa shape index (κ3) is 3.16. The van der Waals surface area contributed by atoms with Crippen LogP contribution in [0.2, 0.25) is 0 Å². The highest BCUT2D eigenvalue weighted by Gasteiger charge is 2.45. The fourth-order valence-electron chi connectivity index (χ4n) is 3.63. The van der Waals surface area contributed by atoms with Gasteiger partial charge in [-0.15, -0.1) is 0 Å². The van der Waals surface area contributed by atoms with Gasteiger partial charge in [0.25, 0.3) is 5.91 Å². The minimum atomic E-state index is -0.687. The highest BCUT2D eigenvalue weighted by molar-refractivity contribution is 6.02. The second-order valence-electron chi connectivity index (χ2n) is 7.71. The Morgan fingerprint density at radius 2 is 1.69 bits per heavy atom. The van der Waals surface area contributed by atoms with Crippen molar-refractivity contribution in [3.05, 3.63) is 59.7 Å². The van der Waals surface area contributed by atoms with Crippen LogP contribution in [0.5, 0.6) is 5.75 Å². The summed E-state index contributed by atoms with van der Waals surface area (Å²) in [6.45, 7) is 11.0. The molecule has 0 saturated heterocycles. The minimum absolute atomic E-state index is 0.0338. The van der Waals surface area contributed by atoms with Crippen LogP contribution in [0.1, 0.15) is 50.5 Å². The average molecular weight is 352 g/mol. The van der Waals surface area contributed by atoms with Crippen molar-refractivity contribution < 1.29 is 9.53 Å². The lowest BCUT2D eigenvalue weighted by atomic mass is 9.91. The molecule has 1 amide bonds. The van der Waals surface area contributed by atoms with Crippen LogP contribution in [0, 0.1) is 5.92 Å². The molecule has 0 bridgehead atoms. The number of nitrogens with one attached hydrogen (secondary N) is 1. The summed E-state index contributed by atoms with van der Waals surface area (Å²) >= 11 is 0. The normalized spacial score (nSPS) is 19.5. The highest BCUT2D eigenvalue weighted by Crippen LogP contribution is 2.42.